The topological polar surface area (TPSA) is 61.4 Å². The molecule has 29 heavy (non-hydrogen) atoms. The molecule has 2 aromatic rings. The summed E-state index contributed by atoms with van der Waals surface area (Å²) in [5, 5.41) is 5.83. The molecule has 0 radical (unpaired) electrons. The molecule has 0 bridgehead atoms. The molecule has 2 N–H and O–H groups in total. The van der Waals surface area contributed by atoms with Gasteiger partial charge in [-0.3, -0.25) is 4.79 Å². The lowest BCUT2D eigenvalue weighted by Gasteiger charge is -2.21. The number of nitrogens with zero attached hydrogens (tertiary/aromatic N) is 1. The Balaban J connectivity index is 1.30. The van der Waals surface area contributed by atoms with Gasteiger partial charge in [-0.25, -0.2) is 4.79 Å². The van der Waals surface area contributed by atoms with Gasteiger partial charge in [0.15, 0.2) is 0 Å². The minimum Gasteiger partial charge on any atom is -0.338 e. The minimum atomic E-state index is -0.204. The zero-order valence-corrected chi connectivity index (χ0v) is 16.8. The lowest BCUT2D eigenvalue weighted by molar-refractivity contribution is -0.122. The van der Waals surface area contributed by atoms with Crippen LogP contribution in [0.5, 0.6) is 0 Å². The number of rotatable bonds is 6. The molecule has 152 valence electrons. The predicted molar refractivity (Wildman–Crippen MR) is 116 cm³/mol. The fraction of sp³-hybridized carbons (Fsp3) is 0.417. The summed E-state index contributed by atoms with van der Waals surface area (Å²) in [7, 11) is 0. The van der Waals surface area contributed by atoms with Crippen LogP contribution in [-0.2, 0) is 17.6 Å². The van der Waals surface area contributed by atoms with Crippen LogP contribution in [0.3, 0.4) is 0 Å². The van der Waals surface area contributed by atoms with Crippen molar-refractivity contribution in [1.29, 1.82) is 0 Å². The molecule has 0 unspecified atom stereocenters. The number of carbonyl (C=O) groups excluding carboxylic acids is 2. The van der Waals surface area contributed by atoms with Crippen molar-refractivity contribution in [2.45, 2.75) is 44.9 Å². The number of nitrogens with one attached hydrogen (secondary N) is 2. The van der Waals surface area contributed by atoms with E-state index in [-0.39, 0.29) is 17.9 Å². The first kappa shape index (κ1) is 19.5. The standard InChI is InChI=1S/C24H29N3O2/c28-23(20-10-4-5-11-20)27-16-14-19-12-13-21(17-22(19)27)26-24(29)25-15-6-9-18-7-2-1-3-8-18/h1-3,7-8,12-13,17,20H,4-6,9-11,14-16H2,(H2,25,26,29). The molecule has 1 aliphatic carbocycles. The Morgan fingerprint density at radius 3 is 2.62 bits per heavy atom. The first-order valence-electron chi connectivity index (χ1n) is 10.7. The monoisotopic (exact) mass is 391 g/mol. The van der Waals surface area contributed by atoms with Crippen molar-refractivity contribution in [2.24, 2.45) is 5.92 Å². The molecule has 4 rings (SSSR count). The summed E-state index contributed by atoms with van der Waals surface area (Å²) in [6.07, 6.45) is 7.05. The summed E-state index contributed by atoms with van der Waals surface area (Å²) in [5.41, 5.74) is 4.16. The van der Waals surface area contributed by atoms with Crippen molar-refractivity contribution in [3.63, 3.8) is 0 Å². The number of hydrogen-bond donors (Lipinski definition) is 2. The van der Waals surface area contributed by atoms with E-state index in [4.69, 9.17) is 0 Å². The maximum Gasteiger partial charge on any atom is 0.319 e. The normalized spacial score (nSPS) is 15.9. The highest BCUT2D eigenvalue weighted by Crippen LogP contribution is 2.35. The molecule has 2 aliphatic rings. The molecule has 3 amide bonds. The van der Waals surface area contributed by atoms with Crippen LogP contribution in [0.2, 0.25) is 0 Å². The molecule has 0 atom stereocenters. The van der Waals surface area contributed by atoms with E-state index in [1.54, 1.807) is 0 Å². The fourth-order valence-corrected chi connectivity index (χ4v) is 4.39. The van der Waals surface area contributed by atoms with Gasteiger partial charge in [0.1, 0.15) is 0 Å². The Morgan fingerprint density at radius 2 is 1.83 bits per heavy atom. The SMILES string of the molecule is O=C(NCCCc1ccccc1)Nc1ccc2c(c1)N(C(=O)C1CCCC1)CC2. The molecular formula is C24H29N3O2. The second-order valence-corrected chi connectivity index (χ2v) is 8.03. The Labute approximate surface area is 172 Å². The number of anilines is 2. The van der Waals surface area contributed by atoms with Gasteiger partial charge in [0, 0.05) is 30.4 Å². The van der Waals surface area contributed by atoms with Gasteiger partial charge < -0.3 is 15.5 Å². The highest BCUT2D eigenvalue weighted by atomic mass is 16.2. The van der Waals surface area contributed by atoms with E-state index in [2.05, 4.69) is 22.8 Å². The quantitative estimate of drug-likeness (QED) is 0.711. The van der Waals surface area contributed by atoms with Crippen LogP contribution in [0.4, 0.5) is 16.2 Å². The number of amides is 3. The Morgan fingerprint density at radius 1 is 1.03 bits per heavy atom. The van der Waals surface area contributed by atoms with Crippen molar-refractivity contribution in [3.05, 3.63) is 59.7 Å². The maximum absolute atomic E-state index is 12.9. The summed E-state index contributed by atoms with van der Waals surface area (Å²) >= 11 is 0. The average molecular weight is 392 g/mol. The molecule has 1 fully saturated rings. The third kappa shape index (κ3) is 4.78. The number of urea groups is 1. The van der Waals surface area contributed by atoms with Gasteiger partial charge in [-0.05, 0) is 55.4 Å². The highest BCUT2D eigenvalue weighted by Gasteiger charge is 2.31. The van der Waals surface area contributed by atoms with Crippen LogP contribution in [0.15, 0.2) is 48.5 Å². The molecule has 1 aliphatic heterocycles. The van der Waals surface area contributed by atoms with E-state index < -0.39 is 0 Å². The van der Waals surface area contributed by atoms with Crippen molar-refractivity contribution in [2.75, 3.05) is 23.3 Å². The number of benzene rings is 2. The second kappa shape index (κ2) is 9.12. The number of hydrogen-bond acceptors (Lipinski definition) is 2. The van der Waals surface area contributed by atoms with Gasteiger partial charge in [-0.2, -0.15) is 0 Å². The summed E-state index contributed by atoms with van der Waals surface area (Å²) in [4.78, 5) is 27.0. The Bertz CT molecular complexity index is 860. The van der Waals surface area contributed by atoms with Crippen molar-refractivity contribution in [1.82, 2.24) is 5.32 Å². The van der Waals surface area contributed by atoms with Crippen LogP contribution in [0, 0.1) is 5.92 Å². The molecule has 0 saturated heterocycles. The molecule has 1 saturated carbocycles. The van der Waals surface area contributed by atoms with E-state index in [1.807, 2.05) is 41.3 Å². The van der Waals surface area contributed by atoms with Gasteiger partial charge in [-0.1, -0.05) is 49.2 Å². The van der Waals surface area contributed by atoms with E-state index in [0.29, 0.717) is 6.54 Å². The van der Waals surface area contributed by atoms with Gasteiger partial charge in [0.2, 0.25) is 5.91 Å². The Hall–Kier alpha value is -2.82. The van der Waals surface area contributed by atoms with Crippen LogP contribution < -0.4 is 15.5 Å². The largest absolute Gasteiger partial charge is 0.338 e. The fourth-order valence-electron chi connectivity index (χ4n) is 4.39. The van der Waals surface area contributed by atoms with Gasteiger partial charge in [0.25, 0.3) is 0 Å². The van der Waals surface area contributed by atoms with E-state index in [0.717, 1.165) is 62.9 Å². The first-order chi connectivity index (χ1) is 14.2. The zero-order chi connectivity index (χ0) is 20.1. The van der Waals surface area contributed by atoms with Crippen molar-refractivity contribution < 1.29 is 9.59 Å². The van der Waals surface area contributed by atoms with Crippen LogP contribution in [0.25, 0.3) is 0 Å². The Kier molecular flexibility index (Phi) is 6.13. The lowest BCUT2D eigenvalue weighted by atomic mass is 10.1. The van der Waals surface area contributed by atoms with Gasteiger partial charge >= 0.3 is 6.03 Å². The second-order valence-electron chi connectivity index (χ2n) is 8.03. The number of aryl methyl sites for hydroxylation is 1. The summed E-state index contributed by atoms with van der Waals surface area (Å²) < 4.78 is 0. The molecule has 2 aromatic carbocycles. The number of carbonyl (C=O) groups is 2. The van der Waals surface area contributed by atoms with Crippen molar-refractivity contribution >= 4 is 23.3 Å². The third-order valence-corrected chi connectivity index (χ3v) is 5.98. The predicted octanol–water partition coefficient (Wildman–Crippen LogP) is 4.52. The van der Waals surface area contributed by atoms with E-state index in [1.165, 1.54) is 11.1 Å². The summed E-state index contributed by atoms with van der Waals surface area (Å²) in [5.74, 6) is 0.425. The maximum atomic E-state index is 12.9. The molecule has 0 spiro atoms. The molecular weight excluding hydrogens is 362 g/mol. The van der Waals surface area contributed by atoms with Gasteiger partial charge in [0.05, 0.1) is 0 Å². The lowest BCUT2D eigenvalue weighted by Crippen LogP contribution is -2.34. The van der Waals surface area contributed by atoms with Gasteiger partial charge in [-0.15, -0.1) is 0 Å². The zero-order valence-electron chi connectivity index (χ0n) is 16.8. The van der Waals surface area contributed by atoms with Crippen LogP contribution in [-0.4, -0.2) is 25.0 Å². The van der Waals surface area contributed by atoms with Crippen molar-refractivity contribution in [3.8, 4) is 0 Å². The first-order valence-corrected chi connectivity index (χ1v) is 10.7. The van der Waals surface area contributed by atoms with E-state index >= 15 is 0 Å². The number of fused-ring (bicyclic) bond motifs is 1. The average Bonchev–Trinajstić information content (AvgIpc) is 3.41. The smallest absolute Gasteiger partial charge is 0.319 e. The third-order valence-electron chi connectivity index (χ3n) is 5.98. The minimum absolute atomic E-state index is 0.172. The molecule has 0 aromatic heterocycles. The van der Waals surface area contributed by atoms with E-state index in [9.17, 15) is 9.59 Å². The summed E-state index contributed by atoms with van der Waals surface area (Å²) in [6, 6.07) is 16.0. The van der Waals surface area contributed by atoms with Crippen LogP contribution >= 0.6 is 0 Å². The highest BCUT2D eigenvalue weighted by molar-refractivity contribution is 5.98. The molecule has 5 heteroatoms. The van der Waals surface area contributed by atoms with Crippen LogP contribution in [0.1, 0.15) is 43.2 Å². The summed E-state index contributed by atoms with van der Waals surface area (Å²) in [6.45, 7) is 1.37. The molecule has 5 nitrogen and oxygen atoms in total. The molecule has 1 heterocycles.